The van der Waals surface area contributed by atoms with Crippen LogP contribution in [-0.2, 0) is 4.74 Å². The number of hydrogen-bond donors (Lipinski definition) is 1. The molecule has 3 heterocycles. The minimum atomic E-state index is -0.992. The zero-order valence-electron chi connectivity index (χ0n) is 15.2. The van der Waals surface area contributed by atoms with Gasteiger partial charge in [-0.05, 0) is 45.0 Å². The lowest BCUT2D eigenvalue weighted by Crippen LogP contribution is -2.35. The standard InChI is InChI=1S/C19H24N4O3/c1-13-21-17(14-3-5-23(6-4-14)7-8-26-2)10-18(22-13)15-9-16(19(24)25)12-20-11-15/h9-12,14H,3-8H2,1-2H3,(H,24,25). The smallest absolute Gasteiger partial charge is 0.337 e. The zero-order chi connectivity index (χ0) is 18.5. The lowest BCUT2D eigenvalue weighted by atomic mass is 9.92. The molecule has 3 rings (SSSR count). The summed E-state index contributed by atoms with van der Waals surface area (Å²) in [5.41, 5.74) is 2.62. The average molecular weight is 356 g/mol. The van der Waals surface area contributed by atoms with Crippen LogP contribution in [0.3, 0.4) is 0 Å². The maximum atomic E-state index is 11.2. The molecule has 138 valence electrons. The molecule has 1 aliphatic heterocycles. The van der Waals surface area contributed by atoms with Crippen molar-refractivity contribution in [2.24, 2.45) is 0 Å². The first-order valence-corrected chi connectivity index (χ1v) is 8.82. The molecule has 2 aromatic rings. The lowest BCUT2D eigenvalue weighted by Gasteiger charge is -2.31. The van der Waals surface area contributed by atoms with Crippen LogP contribution in [-0.4, -0.2) is 64.3 Å². The van der Waals surface area contributed by atoms with Crippen molar-refractivity contribution in [3.8, 4) is 11.3 Å². The molecule has 0 amide bonds. The van der Waals surface area contributed by atoms with Crippen molar-refractivity contribution >= 4 is 5.97 Å². The van der Waals surface area contributed by atoms with E-state index in [1.807, 2.05) is 13.0 Å². The summed E-state index contributed by atoms with van der Waals surface area (Å²) in [5.74, 6) is 0.0960. The van der Waals surface area contributed by atoms with Crippen LogP contribution in [0.25, 0.3) is 11.3 Å². The van der Waals surface area contributed by atoms with Crippen molar-refractivity contribution in [2.75, 3.05) is 33.4 Å². The molecule has 1 aliphatic rings. The van der Waals surface area contributed by atoms with Crippen molar-refractivity contribution < 1.29 is 14.6 Å². The molecule has 0 radical (unpaired) electrons. The number of rotatable bonds is 6. The van der Waals surface area contributed by atoms with E-state index in [1.54, 1.807) is 19.4 Å². The van der Waals surface area contributed by atoms with E-state index in [2.05, 4.69) is 19.9 Å². The summed E-state index contributed by atoms with van der Waals surface area (Å²) < 4.78 is 5.15. The fraction of sp³-hybridized carbons (Fsp3) is 0.474. The Bertz CT molecular complexity index is 773. The Balaban J connectivity index is 1.78. The van der Waals surface area contributed by atoms with Crippen molar-refractivity contribution in [3.63, 3.8) is 0 Å². The van der Waals surface area contributed by atoms with Gasteiger partial charge in [0.05, 0.1) is 17.9 Å². The summed E-state index contributed by atoms with van der Waals surface area (Å²) in [6, 6.07) is 3.58. The van der Waals surface area contributed by atoms with E-state index in [4.69, 9.17) is 9.84 Å². The van der Waals surface area contributed by atoms with Gasteiger partial charge in [0.2, 0.25) is 0 Å². The predicted octanol–water partition coefficient (Wildman–Crippen LogP) is 2.37. The molecule has 1 N–H and O–H groups in total. The Kier molecular flexibility index (Phi) is 5.90. The third kappa shape index (κ3) is 4.42. The molecule has 0 atom stereocenters. The second kappa shape index (κ2) is 8.33. The number of aryl methyl sites for hydroxylation is 1. The first-order chi connectivity index (χ1) is 12.6. The van der Waals surface area contributed by atoms with Gasteiger partial charge >= 0.3 is 5.97 Å². The molecule has 1 fully saturated rings. The van der Waals surface area contributed by atoms with Crippen molar-refractivity contribution in [1.82, 2.24) is 19.9 Å². The van der Waals surface area contributed by atoms with Crippen LogP contribution in [0, 0.1) is 6.92 Å². The normalized spacial score (nSPS) is 15.9. The third-order valence-corrected chi connectivity index (χ3v) is 4.76. The number of aromatic nitrogens is 3. The van der Waals surface area contributed by atoms with E-state index in [9.17, 15) is 4.79 Å². The highest BCUT2D eigenvalue weighted by Crippen LogP contribution is 2.29. The molecule has 0 bridgehead atoms. The maximum absolute atomic E-state index is 11.2. The first-order valence-electron chi connectivity index (χ1n) is 8.82. The molecule has 0 spiro atoms. The largest absolute Gasteiger partial charge is 0.478 e. The van der Waals surface area contributed by atoms with E-state index in [-0.39, 0.29) is 5.56 Å². The van der Waals surface area contributed by atoms with Gasteiger partial charge < -0.3 is 14.7 Å². The molecular weight excluding hydrogens is 332 g/mol. The fourth-order valence-corrected chi connectivity index (χ4v) is 3.32. The number of carbonyl (C=O) groups is 1. The summed E-state index contributed by atoms with van der Waals surface area (Å²) in [6.45, 7) is 5.65. The highest BCUT2D eigenvalue weighted by atomic mass is 16.5. The molecule has 0 saturated carbocycles. The number of aromatic carboxylic acids is 1. The van der Waals surface area contributed by atoms with Crippen LogP contribution in [0.1, 0.15) is 40.6 Å². The number of nitrogens with zero attached hydrogens (tertiary/aromatic N) is 4. The number of hydrogen-bond acceptors (Lipinski definition) is 6. The predicted molar refractivity (Wildman–Crippen MR) is 97.3 cm³/mol. The maximum Gasteiger partial charge on any atom is 0.337 e. The van der Waals surface area contributed by atoms with E-state index in [1.165, 1.54) is 6.20 Å². The molecule has 26 heavy (non-hydrogen) atoms. The number of carboxylic acid groups (broad SMARTS) is 1. The Morgan fingerprint density at radius 1 is 1.27 bits per heavy atom. The first kappa shape index (κ1) is 18.4. The monoisotopic (exact) mass is 356 g/mol. The summed E-state index contributed by atoms with van der Waals surface area (Å²) in [7, 11) is 1.73. The quantitative estimate of drug-likeness (QED) is 0.850. The number of likely N-dealkylation sites (tertiary alicyclic amines) is 1. The van der Waals surface area contributed by atoms with Crippen LogP contribution in [0.2, 0.25) is 0 Å². The Hall–Kier alpha value is -2.38. The number of ether oxygens (including phenoxy) is 1. The van der Waals surface area contributed by atoms with Crippen LogP contribution in [0.15, 0.2) is 24.5 Å². The molecule has 1 saturated heterocycles. The Morgan fingerprint density at radius 3 is 2.73 bits per heavy atom. The van der Waals surface area contributed by atoms with Crippen LogP contribution < -0.4 is 0 Å². The highest BCUT2D eigenvalue weighted by Gasteiger charge is 2.22. The molecule has 0 aromatic carbocycles. The van der Waals surface area contributed by atoms with E-state index in [0.29, 0.717) is 17.3 Å². The second-order valence-corrected chi connectivity index (χ2v) is 6.60. The number of piperidine rings is 1. The van der Waals surface area contributed by atoms with Gasteiger partial charge in [-0.15, -0.1) is 0 Å². The summed E-state index contributed by atoms with van der Waals surface area (Å²) >= 11 is 0. The fourth-order valence-electron chi connectivity index (χ4n) is 3.32. The second-order valence-electron chi connectivity index (χ2n) is 6.60. The van der Waals surface area contributed by atoms with Crippen molar-refractivity contribution in [1.29, 1.82) is 0 Å². The van der Waals surface area contributed by atoms with Gasteiger partial charge in [0.25, 0.3) is 0 Å². The van der Waals surface area contributed by atoms with Crippen molar-refractivity contribution in [3.05, 3.63) is 41.6 Å². The van der Waals surface area contributed by atoms with Gasteiger partial charge in [0, 0.05) is 43.2 Å². The third-order valence-electron chi connectivity index (χ3n) is 4.76. The average Bonchev–Trinajstić information content (AvgIpc) is 2.66. The summed E-state index contributed by atoms with van der Waals surface area (Å²) in [6.07, 6.45) is 5.09. The Labute approximate surface area is 153 Å². The molecular formula is C19H24N4O3. The molecule has 2 aromatic heterocycles. The number of pyridine rings is 1. The minimum absolute atomic E-state index is 0.159. The van der Waals surface area contributed by atoms with Gasteiger partial charge in [0.1, 0.15) is 5.82 Å². The topological polar surface area (TPSA) is 88.4 Å². The minimum Gasteiger partial charge on any atom is -0.478 e. The van der Waals surface area contributed by atoms with E-state index < -0.39 is 5.97 Å². The van der Waals surface area contributed by atoms with Gasteiger partial charge in [-0.1, -0.05) is 0 Å². The van der Waals surface area contributed by atoms with Gasteiger partial charge in [-0.25, -0.2) is 14.8 Å². The zero-order valence-corrected chi connectivity index (χ0v) is 15.2. The molecule has 0 aliphatic carbocycles. The van der Waals surface area contributed by atoms with E-state index >= 15 is 0 Å². The highest BCUT2D eigenvalue weighted by molar-refractivity contribution is 5.88. The number of methoxy groups -OCH3 is 1. The molecule has 0 unspecified atom stereocenters. The molecule has 7 heteroatoms. The van der Waals surface area contributed by atoms with Crippen LogP contribution >= 0.6 is 0 Å². The van der Waals surface area contributed by atoms with Gasteiger partial charge in [-0.2, -0.15) is 0 Å². The van der Waals surface area contributed by atoms with Gasteiger partial charge in [-0.3, -0.25) is 4.98 Å². The summed E-state index contributed by atoms with van der Waals surface area (Å²) in [5, 5.41) is 9.17. The van der Waals surface area contributed by atoms with Crippen LogP contribution in [0.5, 0.6) is 0 Å². The SMILES string of the molecule is COCCN1CCC(c2cc(-c3cncc(C(=O)O)c3)nc(C)n2)CC1. The number of carboxylic acids is 1. The van der Waals surface area contributed by atoms with E-state index in [0.717, 1.165) is 50.5 Å². The molecule has 7 nitrogen and oxygen atoms in total. The van der Waals surface area contributed by atoms with Crippen molar-refractivity contribution in [2.45, 2.75) is 25.7 Å². The Morgan fingerprint density at radius 2 is 2.04 bits per heavy atom. The van der Waals surface area contributed by atoms with Gasteiger partial charge in [0.15, 0.2) is 0 Å². The summed E-state index contributed by atoms with van der Waals surface area (Å²) in [4.78, 5) is 26.8. The van der Waals surface area contributed by atoms with Crippen LogP contribution in [0.4, 0.5) is 0 Å². The lowest BCUT2D eigenvalue weighted by molar-refractivity contribution is 0.0696.